The Bertz CT molecular complexity index is 607. The molecule has 1 aromatic carbocycles. The summed E-state index contributed by atoms with van der Waals surface area (Å²) < 4.78 is 19.1. The minimum absolute atomic E-state index is 0. The zero-order chi connectivity index (χ0) is 15.8. The molecule has 0 bridgehead atoms. The molecule has 0 aliphatic carbocycles. The highest BCUT2D eigenvalue weighted by Gasteiger charge is 2.08. The van der Waals surface area contributed by atoms with Gasteiger partial charge in [0, 0.05) is 11.9 Å². The van der Waals surface area contributed by atoms with E-state index < -0.39 is 0 Å². The lowest BCUT2D eigenvalue weighted by atomic mass is 10.3. The number of ether oxygens (including phenoxy) is 1. The van der Waals surface area contributed by atoms with Crippen LogP contribution in [-0.4, -0.2) is 25.7 Å². The number of halogens is 2. The molecular weight excluding hydrogens is 428 g/mol. The monoisotopic (exact) mass is 449 g/mol. The Hall–Kier alpha value is -1.35. The molecule has 0 radical (unpaired) electrons. The highest BCUT2D eigenvalue weighted by atomic mass is 127. The first-order valence-corrected chi connectivity index (χ1v) is 7.95. The number of rotatable bonds is 6. The molecule has 23 heavy (non-hydrogen) atoms. The highest BCUT2D eigenvalue weighted by molar-refractivity contribution is 14.0. The van der Waals surface area contributed by atoms with Crippen LogP contribution < -0.4 is 15.4 Å². The number of guanidine groups is 1. The van der Waals surface area contributed by atoms with Gasteiger partial charge in [0.05, 0.1) is 13.1 Å². The molecule has 0 aliphatic rings. The third-order valence-electron chi connectivity index (χ3n) is 2.96. The van der Waals surface area contributed by atoms with Crippen molar-refractivity contribution in [3.8, 4) is 5.75 Å². The van der Waals surface area contributed by atoms with Gasteiger partial charge in [-0.05, 0) is 30.5 Å². The van der Waals surface area contributed by atoms with E-state index in [2.05, 4.69) is 21.7 Å². The summed E-state index contributed by atoms with van der Waals surface area (Å²) in [4.78, 5) is 5.39. The van der Waals surface area contributed by atoms with E-state index in [-0.39, 0.29) is 41.6 Å². The topological polar surface area (TPSA) is 45.7 Å². The van der Waals surface area contributed by atoms with Gasteiger partial charge in [-0.15, -0.1) is 35.3 Å². The van der Waals surface area contributed by atoms with Gasteiger partial charge in [-0.3, -0.25) is 4.99 Å². The first-order chi connectivity index (χ1) is 10.7. The van der Waals surface area contributed by atoms with Gasteiger partial charge >= 0.3 is 0 Å². The minimum Gasteiger partial charge on any atom is -0.486 e. The van der Waals surface area contributed by atoms with Gasteiger partial charge in [-0.2, -0.15) is 0 Å². The minimum atomic E-state index is -0.352. The molecule has 2 N–H and O–H groups in total. The maximum atomic E-state index is 13.5. The van der Waals surface area contributed by atoms with Crippen LogP contribution in [0.4, 0.5) is 4.39 Å². The van der Waals surface area contributed by atoms with E-state index in [9.17, 15) is 4.39 Å². The van der Waals surface area contributed by atoms with Gasteiger partial charge in [-0.1, -0.05) is 18.2 Å². The van der Waals surface area contributed by atoms with Gasteiger partial charge in [0.25, 0.3) is 0 Å². The Kier molecular flexibility index (Phi) is 8.93. The maximum absolute atomic E-state index is 13.5. The standard InChI is InChI=1S/C16H20FN3OS.HI/c1-12(21-15-8-4-3-7-14(15)17)10-19-16(18-2)20-11-13-6-5-9-22-13;/h3-9,12H,10-11H2,1-2H3,(H2,18,19,20);1H. The first kappa shape index (κ1) is 19.7. The molecule has 0 spiro atoms. The number of hydrogen-bond acceptors (Lipinski definition) is 3. The number of nitrogens with one attached hydrogen (secondary N) is 2. The van der Waals surface area contributed by atoms with E-state index >= 15 is 0 Å². The van der Waals surface area contributed by atoms with Crippen LogP contribution in [0.5, 0.6) is 5.75 Å². The molecule has 1 heterocycles. The first-order valence-electron chi connectivity index (χ1n) is 7.07. The Morgan fingerprint density at radius 3 is 2.70 bits per heavy atom. The van der Waals surface area contributed by atoms with Gasteiger partial charge in [-0.25, -0.2) is 4.39 Å². The number of thiophene rings is 1. The fourth-order valence-electron chi connectivity index (χ4n) is 1.84. The van der Waals surface area contributed by atoms with Crippen molar-refractivity contribution in [1.29, 1.82) is 0 Å². The van der Waals surface area contributed by atoms with Crippen molar-refractivity contribution in [3.05, 3.63) is 52.5 Å². The van der Waals surface area contributed by atoms with E-state index in [1.54, 1.807) is 36.6 Å². The molecule has 1 aromatic heterocycles. The molecule has 0 saturated carbocycles. The normalized spacial score (nSPS) is 12.2. The van der Waals surface area contributed by atoms with E-state index in [1.807, 2.05) is 18.4 Å². The molecule has 0 saturated heterocycles. The molecule has 0 fully saturated rings. The molecule has 4 nitrogen and oxygen atoms in total. The SMILES string of the molecule is CN=C(NCc1cccs1)NCC(C)Oc1ccccc1F.I. The molecule has 7 heteroatoms. The van der Waals surface area contributed by atoms with Gasteiger partial charge in [0.15, 0.2) is 17.5 Å². The van der Waals surface area contributed by atoms with Gasteiger partial charge < -0.3 is 15.4 Å². The summed E-state index contributed by atoms with van der Waals surface area (Å²) in [6.07, 6.45) is -0.183. The summed E-state index contributed by atoms with van der Waals surface area (Å²) in [5.74, 6) is 0.602. The van der Waals surface area contributed by atoms with Crippen molar-refractivity contribution in [2.24, 2.45) is 4.99 Å². The predicted octanol–water partition coefficient (Wildman–Crippen LogP) is 3.64. The summed E-state index contributed by atoms with van der Waals surface area (Å²) in [5.41, 5.74) is 0. The van der Waals surface area contributed by atoms with Crippen LogP contribution in [0, 0.1) is 5.82 Å². The average molecular weight is 449 g/mol. The lowest BCUT2D eigenvalue weighted by Gasteiger charge is -2.17. The molecule has 1 unspecified atom stereocenters. The summed E-state index contributed by atoms with van der Waals surface area (Å²) >= 11 is 1.69. The van der Waals surface area contributed by atoms with Crippen LogP contribution in [-0.2, 0) is 6.54 Å². The second kappa shape index (κ2) is 10.4. The summed E-state index contributed by atoms with van der Waals surface area (Å²) in [6.45, 7) is 3.13. The number of para-hydroxylation sites is 1. The Labute approximate surface area is 157 Å². The smallest absolute Gasteiger partial charge is 0.191 e. The van der Waals surface area contributed by atoms with Crippen molar-refractivity contribution in [3.63, 3.8) is 0 Å². The molecule has 0 aliphatic heterocycles. The summed E-state index contributed by atoms with van der Waals surface area (Å²) in [5, 5.41) is 8.43. The predicted molar refractivity (Wildman–Crippen MR) is 104 cm³/mol. The average Bonchev–Trinajstić information content (AvgIpc) is 3.03. The van der Waals surface area contributed by atoms with Crippen LogP contribution in [0.3, 0.4) is 0 Å². The fourth-order valence-corrected chi connectivity index (χ4v) is 2.49. The van der Waals surface area contributed by atoms with Crippen LogP contribution >= 0.6 is 35.3 Å². The Morgan fingerprint density at radius 2 is 2.04 bits per heavy atom. The summed E-state index contributed by atoms with van der Waals surface area (Å²) in [7, 11) is 1.71. The van der Waals surface area contributed by atoms with Crippen molar-refractivity contribution in [2.75, 3.05) is 13.6 Å². The van der Waals surface area contributed by atoms with E-state index in [1.165, 1.54) is 10.9 Å². The molecular formula is C16H21FIN3OS. The van der Waals surface area contributed by atoms with Gasteiger partial charge in [0.1, 0.15) is 6.10 Å². The molecule has 0 amide bonds. The zero-order valence-corrected chi connectivity index (χ0v) is 16.2. The van der Waals surface area contributed by atoms with Crippen LogP contribution in [0.1, 0.15) is 11.8 Å². The number of nitrogens with zero attached hydrogens (tertiary/aromatic N) is 1. The Morgan fingerprint density at radius 1 is 1.26 bits per heavy atom. The number of aliphatic imine (C=N–C) groups is 1. The van der Waals surface area contributed by atoms with Gasteiger partial charge in [0.2, 0.25) is 0 Å². The van der Waals surface area contributed by atoms with Crippen LogP contribution in [0.2, 0.25) is 0 Å². The molecule has 2 aromatic rings. The zero-order valence-electron chi connectivity index (χ0n) is 13.1. The lowest BCUT2D eigenvalue weighted by molar-refractivity contribution is 0.214. The second-order valence-corrected chi connectivity index (χ2v) is 5.78. The molecule has 1 atom stereocenters. The van der Waals surface area contributed by atoms with E-state index in [0.29, 0.717) is 12.5 Å². The van der Waals surface area contributed by atoms with E-state index in [0.717, 1.165) is 6.54 Å². The molecule has 2 rings (SSSR count). The fraction of sp³-hybridized carbons (Fsp3) is 0.312. The van der Waals surface area contributed by atoms with Crippen LogP contribution in [0.25, 0.3) is 0 Å². The van der Waals surface area contributed by atoms with Crippen molar-refractivity contribution in [1.82, 2.24) is 10.6 Å². The van der Waals surface area contributed by atoms with Crippen molar-refractivity contribution in [2.45, 2.75) is 19.6 Å². The number of benzene rings is 1. The second-order valence-electron chi connectivity index (χ2n) is 4.74. The number of hydrogen-bond donors (Lipinski definition) is 2. The maximum Gasteiger partial charge on any atom is 0.191 e. The quantitative estimate of drug-likeness (QED) is 0.402. The highest BCUT2D eigenvalue weighted by Crippen LogP contribution is 2.16. The van der Waals surface area contributed by atoms with Crippen molar-refractivity contribution >= 4 is 41.3 Å². The van der Waals surface area contributed by atoms with E-state index in [4.69, 9.17) is 4.74 Å². The third kappa shape index (κ3) is 6.74. The third-order valence-corrected chi connectivity index (χ3v) is 3.83. The summed E-state index contributed by atoms with van der Waals surface area (Å²) in [6, 6.07) is 10.5. The lowest BCUT2D eigenvalue weighted by Crippen LogP contribution is -2.41. The molecule has 126 valence electrons. The van der Waals surface area contributed by atoms with Crippen molar-refractivity contribution < 1.29 is 9.13 Å². The Balaban J connectivity index is 0.00000264. The largest absolute Gasteiger partial charge is 0.486 e. The van der Waals surface area contributed by atoms with Crippen LogP contribution in [0.15, 0.2) is 46.8 Å².